The van der Waals surface area contributed by atoms with E-state index < -0.39 is 0 Å². The number of nitrogens with one attached hydrogen (secondary N) is 2. The Balaban J connectivity index is 1.77. The Hall–Kier alpha value is -2.60. The van der Waals surface area contributed by atoms with E-state index in [0.717, 1.165) is 28.0 Å². The predicted molar refractivity (Wildman–Crippen MR) is 100.0 cm³/mol. The van der Waals surface area contributed by atoms with Crippen molar-refractivity contribution in [1.29, 1.82) is 0 Å². The van der Waals surface area contributed by atoms with Crippen LogP contribution in [0.5, 0.6) is 0 Å². The molecule has 1 saturated heterocycles. The van der Waals surface area contributed by atoms with Crippen LogP contribution < -0.4 is 5.32 Å². The molecule has 1 aliphatic rings. The number of hydrogen-bond donors (Lipinski definition) is 2. The topological polar surface area (TPSA) is 57.1 Å². The Kier molecular flexibility index (Phi) is 4.05. The first-order valence-corrected chi connectivity index (χ1v) is 8.71. The Morgan fingerprint density at radius 2 is 2.12 bits per heavy atom. The SMILES string of the molecule is Cc1cc([C@H]2[C@H](c3ccccn3)NC(=S)N2Cc2ccco2)c(C)[nH]1. The van der Waals surface area contributed by atoms with Gasteiger partial charge < -0.3 is 19.6 Å². The van der Waals surface area contributed by atoms with Gasteiger partial charge in [0, 0.05) is 17.6 Å². The van der Waals surface area contributed by atoms with Crippen molar-refractivity contribution in [3.05, 3.63) is 77.3 Å². The van der Waals surface area contributed by atoms with Crippen molar-refractivity contribution in [2.45, 2.75) is 32.5 Å². The number of nitrogens with zero attached hydrogens (tertiary/aromatic N) is 2. The second-order valence-electron chi connectivity index (χ2n) is 6.37. The van der Waals surface area contributed by atoms with Crippen molar-refractivity contribution in [2.24, 2.45) is 0 Å². The van der Waals surface area contributed by atoms with Gasteiger partial charge in [-0.3, -0.25) is 4.98 Å². The second-order valence-corrected chi connectivity index (χ2v) is 6.75. The van der Waals surface area contributed by atoms with Crippen LogP contribution in [-0.2, 0) is 6.54 Å². The average molecular weight is 352 g/mol. The van der Waals surface area contributed by atoms with Crippen LogP contribution in [0.15, 0.2) is 53.3 Å². The molecule has 1 fully saturated rings. The smallest absolute Gasteiger partial charge is 0.170 e. The Labute approximate surface area is 152 Å². The largest absolute Gasteiger partial charge is 0.467 e. The molecule has 0 aromatic carbocycles. The molecular formula is C19H20N4OS. The highest BCUT2D eigenvalue weighted by molar-refractivity contribution is 7.80. The van der Waals surface area contributed by atoms with E-state index in [1.54, 1.807) is 6.26 Å². The molecule has 2 N–H and O–H groups in total. The van der Waals surface area contributed by atoms with Crippen molar-refractivity contribution in [1.82, 2.24) is 20.2 Å². The average Bonchev–Trinajstić information content (AvgIpc) is 3.30. The molecule has 0 spiro atoms. The van der Waals surface area contributed by atoms with Crippen molar-refractivity contribution in [3.8, 4) is 0 Å². The molecule has 3 aromatic rings. The van der Waals surface area contributed by atoms with Gasteiger partial charge in [0.05, 0.1) is 30.6 Å². The summed E-state index contributed by atoms with van der Waals surface area (Å²) in [6, 6.07) is 12.1. The minimum Gasteiger partial charge on any atom is -0.467 e. The number of furan rings is 1. The molecular weight excluding hydrogens is 332 g/mol. The molecule has 25 heavy (non-hydrogen) atoms. The van der Waals surface area contributed by atoms with Gasteiger partial charge >= 0.3 is 0 Å². The van der Waals surface area contributed by atoms with Crippen LogP contribution >= 0.6 is 12.2 Å². The van der Waals surface area contributed by atoms with E-state index in [1.165, 1.54) is 5.56 Å². The lowest BCUT2D eigenvalue weighted by molar-refractivity contribution is 0.286. The number of hydrogen-bond acceptors (Lipinski definition) is 3. The highest BCUT2D eigenvalue weighted by Crippen LogP contribution is 2.40. The summed E-state index contributed by atoms with van der Waals surface area (Å²) in [5.41, 5.74) is 4.50. The highest BCUT2D eigenvalue weighted by atomic mass is 32.1. The zero-order valence-corrected chi connectivity index (χ0v) is 15.0. The Morgan fingerprint density at radius 3 is 2.76 bits per heavy atom. The normalized spacial score (nSPS) is 20.1. The molecule has 1 aliphatic heterocycles. The summed E-state index contributed by atoms with van der Waals surface area (Å²) in [6.45, 7) is 4.80. The van der Waals surface area contributed by atoms with E-state index in [-0.39, 0.29) is 12.1 Å². The van der Waals surface area contributed by atoms with E-state index in [2.05, 4.69) is 40.1 Å². The van der Waals surface area contributed by atoms with Crippen molar-refractivity contribution in [3.63, 3.8) is 0 Å². The summed E-state index contributed by atoms with van der Waals surface area (Å²) < 4.78 is 5.55. The minimum atomic E-state index is -0.00226. The number of aromatic amines is 1. The maximum Gasteiger partial charge on any atom is 0.170 e. The van der Waals surface area contributed by atoms with Gasteiger partial charge in [0.2, 0.25) is 0 Å². The van der Waals surface area contributed by atoms with Gasteiger partial charge in [-0.25, -0.2) is 0 Å². The molecule has 128 valence electrons. The monoisotopic (exact) mass is 352 g/mol. The highest BCUT2D eigenvalue weighted by Gasteiger charge is 2.41. The van der Waals surface area contributed by atoms with E-state index in [1.807, 2.05) is 36.5 Å². The van der Waals surface area contributed by atoms with Gasteiger partial charge in [0.25, 0.3) is 0 Å². The molecule has 0 radical (unpaired) electrons. The molecule has 3 aromatic heterocycles. The fourth-order valence-electron chi connectivity index (χ4n) is 3.54. The Morgan fingerprint density at radius 1 is 1.24 bits per heavy atom. The van der Waals surface area contributed by atoms with Crippen molar-refractivity contribution < 1.29 is 4.42 Å². The quantitative estimate of drug-likeness (QED) is 0.700. The van der Waals surface area contributed by atoms with Gasteiger partial charge in [-0.15, -0.1) is 0 Å². The maximum atomic E-state index is 5.65. The summed E-state index contributed by atoms with van der Waals surface area (Å²) in [6.07, 6.45) is 3.51. The summed E-state index contributed by atoms with van der Waals surface area (Å²) >= 11 is 5.65. The number of H-pyrrole nitrogens is 1. The zero-order chi connectivity index (χ0) is 17.4. The van der Waals surface area contributed by atoms with Gasteiger partial charge in [-0.05, 0) is 62.0 Å². The minimum absolute atomic E-state index is 0.00226. The standard InChI is InChI=1S/C19H20N4OS/c1-12-10-15(13(2)21-12)18-17(16-7-3-4-8-20-16)22-19(25)23(18)11-14-6-5-9-24-14/h3-10,17-18,21H,11H2,1-2H3,(H,22,25)/t17-,18-/m0/s1. The van der Waals surface area contributed by atoms with E-state index >= 15 is 0 Å². The molecule has 0 saturated carbocycles. The number of thiocarbonyl (C=S) groups is 1. The molecule has 5 nitrogen and oxygen atoms in total. The van der Waals surface area contributed by atoms with Crippen molar-refractivity contribution >= 4 is 17.3 Å². The predicted octanol–water partition coefficient (Wildman–Crippen LogP) is 3.79. The summed E-state index contributed by atoms with van der Waals surface area (Å²) in [4.78, 5) is 10.1. The van der Waals surface area contributed by atoms with Gasteiger partial charge in [0.15, 0.2) is 5.11 Å². The van der Waals surface area contributed by atoms with Crippen LogP contribution in [0.2, 0.25) is 0 Å². The fourth-order valence-corrected chi connectivity index (χ4v) is 3.84. The van der Waals surface area contributed by atoms with Crippen LogP contribution in [0.4, 0.5) is 0 Å². The van der Waals surface area contributed by atoms with Crippen molar-refractivity contribution in [2.75, 3.05) is 0 Å². The number of aromatic nitrogens is 2. The van der Waals surface area contributed by atoms with E-state index in [9.17, 15) is 0 Å². The second kappa shape index (κ2) is 6.37. The first-order valence-electron chi connectivity index (χ1n) is 8.30. The lowest BCUT2D eigenvalue weighted by Gasteiger charge is -2.27. The van der Waals surface area contributed by atoms with Crippen LogP contribution in [0.25, 0.3) is 0 Å². The molecule has 0 aliphatic carbocycles. The lowest BCUT2D eigenvalue weighted by atomic mass is 9.97. The van der Waals surface area contributed by atoms with Crippen LogP contribution in [-0.4, -0.2) is 20.0 Å². The number of rotatable bonds is 4. The van der Waals surface area contributed by atoms with Gasteiger partial charge in [-0.2, -0.15) is 0 Å². The molecule has 4 rings (SSSR count). The summed E-state index contributed by atoms with van der Waals surface area (Å²) in [5, 5.41) is 4.17. The van der Waals surface area contributed by atoms with E-state index in [4.69, 9.17) is 16.6 Å². The van der Waals surface area contributed by atoms with Crippen LogP contribution in [0, 0.1) is 13.8 Å². The third kappa shape index (κ3) is 2.93. The van der Waals surface area contributed by atoms with Crippen LogP contribution in [0.1, 0.15) is 40.5 Å². The third-order valence-corrected chi connectivity index (χ3v) is 4.96. The number of pyridine rings is 1. The maximum absolute atomic E-state index is 5.65. The number of aryl methyl sites for hydroxylation is 2. The molecule has 0 bridgehead atoms. The Bertz CT molecular complexity index is 872. The molecule has 4 heterocycles. The van der Waals surface area contributed by atoms with Gasteiger partial charge in [0.1, 0.15) is 5.76 Å². The fraction of sp³-hybridized carbons (Fsp3) is 0.263. The molecule has 6 heteroatoms. The summed E-state index contributed by atoms with van der Waals surface area (Å²) in [5.74, 6) is 0.890. The molecule has 0 unspecified atom stereocenters. The zero-order valence-electron chi connectivity index (χ0n) is 14.2. The molecule has 0 amide bonds. The lowest BCUT2D eigenvalue weighted by Crippen LogP contribution is -2.29. The first kappa shape index (κ1) is 15.9. The van der Waals surface area contributed by atoms with Crippen LogP contribution in [0.3, 0.4) is 0 Å². The van der Waals surface area contributed by atoms with E-state index in [0.29, 0.717) is 6.54 Å². The van der Waals surface area contributed by atoms with Gasteiger partial charge in [-0.1, -0.05) is 6.07 Å². The molecule has 2 atom stereocenters. The summed E-state index contributed by atoms with van der Waals surface area (Å²) in [7, 11) is 0. The third-order valence-electron chi connectivity index (χ3n) is 4.61. The first-order chi connectivity index (χ1) is 12.1.